The van der Waals surface area contributed by atoms with Gasteiger partial charge in [0.05, 0.1) is 36.4 Å². The Balaban J connectivity index is 1.33. The van der Waals surface area contributed by atoms with E-state index < -0.39 is 46.5 Å². The summed E-state index contributed by atoms with van der Waals surface area (Å²) in [5.41, 5.74) is 1.31. The quantitative estimate of drug-likeness (QED) is 0.155. The molecule has 4 aliphatic heterocycles. The molecule has 6 rings (SSSR count). The average molecular weight is 708 g/mol. The first-order valence-electron chi connectivity index (χ1n) is 18.5. The van der Waals surface area contributed by atoms with Gasteiger partial charge in [0.1, 0.15) is 29.8 Å². The van der Waals surface area contributed by atoms with Crippen LogP contribution < -0.4 is 0 Å². The topological polar surface area (TPSA) is 147 Å². The van der Waals surface area contributed by atoms with Gasteiger partial charge in [-0.05, 0) is 67.2 Å². The molecule has 5 aliphatic rings. The fourth-order valence-electron chi connectivity index (χ4n) is 8.52. The van der Waals surface area contributed by atoms with Gasteiger partial charge in [-0.15, -0.1) is 0 Å². The molecule has 1 aromatic carbocycles. The van der Waals surface area contributed by atoms with Crippen molar-refractivity contribution in [2.45, 2.75) is 128 Å². The lowest BCUT2D eigenvalue weighted by Gasteiger charge is -2.50. The minimum atomic E-state index is -1.76. The van der Waals surface area contributed by atoms with Crippen molar-refractivity contribution in [2.24, 2.45) is 17.8 Å². The maximum atomic E-state index is 14.2. The Labute approximate surface area is 300 Å². The lowest BCUT2D eigenvalue weighted by molar-refractivity contribution is -0.384. The van der Waals surface area contributed by atoms with Crippen LogP contribution in [-0.2, 0) is 34.9 Å². The highest BCUT2D eigenvalue weighted by atomic mass is 16.7. The molecule has 1 aliphatic carbocycles. The van der Waals surface area contributed by atoms with E-state index in [4.69, 9.17) is 23.7 Å². The van der Waals surface area contributed by atoms with Gasteiger partial charge in [-0.3, -0.25) is 14.9 Å². The van der Waals surface area contributed by atoms with Gasteiger partial charge in [0, 0.05) is 37.8 Å². The number of carbonyl (C=O) groups excluding carboxylic acids is 1. The van der Waals surface area contributed by atoms with E-state index in [1.807, 2.05) is 19.1 Å². The highest BCUT2D eigenvalue weighted by Crippen LogP contribution is 2.47. The molecule has 51 heavy (non-hydrogen) atoms. The third-order valence-corrected chi connectivity index (χ3v) is 11.5. The van der Waals surface area contributed by atoms with Crippen molar-refractivity contribution in [3.63, 3.8) is 0 Å². The van der Waals surface area contributed by atoms with E-state index in [1.54, 1.807) is 31.2 Å². The number of nitrogens with zero attached hydrogens (tertiary/aromatic N) is 1. The van der Waals surface area contributed by atoms with Gasteiger partial charge in [0.2, 0.25) is 0 Å². The monoisotopic (exact) mass is 707 g/mol. The Bertz CT molecular complexity index is 1570. The summed E-state index contributed by atoms with van der Waals surface area (Å²) >= 11 is 0. The fourth-order valence-corrected chi connectivity index (χ4v) is 8.52. The summed E-state index contributed by atoms with van der Waals surface area (Å²) in [7, 11) is 0. The second kappa shape index (κ2) is 15.4. The van der Waals surface area contributed by atoms with E-state index >= 15 is 0 Å². The van der Waals surface area contributed by atoms with Gasteiger partial charge in [0.15, 0.2) is 5.79 Å². The highest BCUT2D eigenvalue weighted by Gasteiger charge is 2.60. The number of non-ortho nitro benzene ring substituents is 1. The maximum absolute atomic E-state index is 14.2. The molecule has 3 fully saturated rings. The minimum absolute atomic E-state index is 0.00276. The van der Waals surface area contributed by atoms with Gasteiger partial charge >= 0.3 is 5.97 Å². The smallest absolute Gasteiger partial charge is 0.316 e. The van der Waals surface area contributed by atoms with E-state index in [-0.39, 0.29) is 36.5 Å². The number of carbonyl (C=O) groups is 1. The summed E-state index contributed by atoms with van der Waals surface area (Å²) in [4.78, 5) is 24.9. The zero-order valence-electron chi connectivity index (χ0n) is 30.4. The number of nitro benzene ring substituents is 1. The van der Waals surface area contributed by atoms with Crippen molar-refractivity contribution >= 4 is 11.7 Å². The second-order valence-electron chi connectivity index (χ2n) is 15.2. The molecule has 1 spiro atoms. The van der Waals surface area contributed by atoms with E-state index in [9.17, 15) is 25.1 Å². The van der Waals surface area contributed by atoms with Crippen LogP contribution in [-0.4, -0.2) is 82.3 Å². The zero-order chi connectivity index (χ0) is 36.5. The van der Waals surface area contributed by atoms with Crippen LogP contribution in [0.3, 0.4) is 0 Å². The number of benzene rings is 1. The largest absolute Gasteiger partial charge is 0.462 e. The summed E-state index contributed by atoms with van der Waals surface area (Å²) in [6.07, 6.45) is 10.5. The first kappa shape index (κ1) is 37.6. The van der Waals surface area contributed by atoms with Crippen LogP contribution in [0.5, 0.6) is 0 Å². The summed E-state index contributed by atoms with van der Waals surface area (Å²) in [6, 6.07) is 6.52. The van der Waals surface area contributed by atoms with Crippen LogP contribution in [0.15, 0.2) is 71.4 Å². The third-order valence-electron chi connectivity index (χ3n) is 11.5. The number of rotatable bonds is 6. The van der Waals surface area contributed by atoms with Crippen LogP contribution in [0.4, 0.5) is 5.69 Å². The summed E-state index contributed by atoms with van der Waals surface area (Å²) in [6.45, 7) is 10.6. The molecule has 1 aromatic rings. The standard InChI is InChI=1S/C40H53NO10/c1-6-34-25(3)14-16-39(51-34)22-32-20-31(50-39)21-35(47-17-15-28-10-12-30(13-11-28)41(45)46)26(4)18-24(2)8-7-9-29-23-48-37-36(42)27(5)19-33(38(43)49-32)40(29,37)44/h7-13,18-19,24-25,31-37,42,44H,6,14-17,20-23H2,1-5H3/b8-7+,26-18+,29-9+/t24-,25-,31-,32-,33-,34+,35-,36+,37+,39+,40+/m0/s1. The van der Waals surface area contributed by atoms with Gasteiger partial charge in [-0.1, -0.05) is 63.3 Å². The predicted octanol–water partition coefficient (Wildman–Crippen LogP) is 6.07. The minimum Gasteiger partial charge on any atom is -0.462 e. The Morgan fingerprint density at radius 2 is 1.82 bits per heavy atom. The van der Waals surface area contributed by atoms with Gasteiger partial charge < -0.3 is 33.9 Å². The molecule has 0 saturated carbocycles. The normalized spacial score (nSPS) is 41.4. The Morgan fingerprint density at radius 1 is 1.06 bits per heavy atom. The molecular formula is C40H53NO10. The Morgan fingerprint density at radius 3 is 2.55 bits per heavy atom. The van der Waals surface area contributed by atoms with Crippen LogP contribution in [0.2, 0.25) is 0 Å². The van der Waals surface area contributed by atoms with Crippen LogP contribution in [0, 0.1) is 27.9 Å². The lowest BCUT2D eigenvalue weighted by atomic mass is 9.71. The zero-order valence-corrected chi connectivity index (χ0v) is 30.4. The number of ether oxygens (including phenoxy) is 5. The molecule has 2 N–H and O–H groups in total. The maximum Gasteiger partial charge on any atom is 0.316 e. The summed E-state index contributed by atoms with van der Waals surface area (Å²) < 4.78 is 32.5. The van der Waals surface area contributed by atoms with E-state index in [0.717, 1.165) is 24.0 Å². The number of allylic oxidation sites excluding steroid dienone is 4. The molecular weight excluding hydrogens is 654 g/mol. The number of fused-ring (bicyclic) bond motifs is 2. The molecule has 11 atom stereocenters. The van der Waals surface area contributed by atoms with Gasteiger partial charge in [0.25, 0.3) is 5.69 Å². The predicted molar refractivity (Wildman–Crippen MR) is 190 cm³/mol. The van der Waals surface area contributed by atoms with Crippen LogP contribution >= 0.6 is 0 Å². The summed E-state index contributed by atoms with van der Waals surface area (Å²) in [5.74, 6) is -2.20. The van der Waals surface area contributed by atoms with Crippen LogP contribution in [0.1, 0.15) is 78.7 Å². The van der Waals surface area contributed by atoms with Crippen molar-refractivity contribution < 1.29 is 43.6 Å². The number of nitro groups is 1. The van der Waals surface area contributed by atoms with Crippen molar-refractivity contribution in [1.29, 1.82) is 0 Å². The number of aliphatic hydroxyl groups is 2. The highest BCUT2D eigenvalue weighted by molar-refractivity contribution is 5.78. The molecule has 11 heteroatoms. The van der Waals surface area contributed by atoms with E-state index in [1.165, 1.54) is 12.1 Å². The molecule has 0 amide bonds. The van der Waals surface area contributed by atoms with Gasteiger partial charge in [-0.25, -0.2) is 0 Å². The molecule has 0 aromatic heterocycles. The van der Waals surface area contributed by atoms with Crippen molar-refractivity contribution in [1.82, 2.24) is 0 Å². The molecule has 0 radical (unpaired) electrons. The number of hydrogen-bond acceptors (Lipinski definition) is 10. The molecule has 0 unspecified atom stereocenters. The molecule has 11 nitrogen and oxygen atoms in total. The first-order chi connectivity index (χ1) is 24.3. The van der Waals surface area contributed by atoms with E-state index in [2.05, 4.69) is 26.8 Å². The fraction of sp³-hybridized carbons (Fsp3) is 0.625. The molecule has 4 heterocycles. The van der Waals surface area contributed by atoms with Crippen molar-refractivity contribution in [3.05, 3.63) is 87.0 Å². The SMILES string of the molecule is CC[C@H]1O[C@]2(CC[C@@H]1C)C[C@@H]1C[C@@H](C[C@H](OCCc3ccc([N+](=O)[O-])cc3)/C(C)=C/[C@@H](C)/C=C/C=C3\CO[C@@H]4[C@H](O)C(C)=C[C@@H](C(=O)O1)[C@]34O)O2. The first-order valence-corrected chi connectivity index (χ1v) is 18.5. The average Bonchev–Trinajstić information content (AvgIpc) is 3.43. The Hall–Kier alpha value is -3.19. The van der Waals surface area contributed by atoms with Crippen molar-refractivity contribution in [3.8, 4) is 0 Å². The third kappa shape index (κ3) is 7.94. The second-order valence-corrected chi connectivity index (χ2v) is 15.2. The van der Waals surface area contributed by atoms with E-state index in [0.29, 0.717) is 55.8 Å². The molecule has 3 saturated heterocycles. The number of hydrogen-bond donors (Lipinski definition) is 2. The Kier molecular flexibility index (Phi) is 11.4. The van der Waals surface area contributed by atoms with Crippen molar-refractivity contribution in [2.75, 3.05) is 13.2 Å². The lowest BCUT2D eigenvalue weighted by Crippen LogP contribution is -2.58. The molecule has 2 bridgehead atoms. The van der Waals surface area contributed by atoms with Gasteiger partial charge in [-0.2, -0.15) is 0 Å². The van der Waals surface area contributed by atoms with Crippen LogP contribution in [0.25, 0.3) is 0 Å². The molecule has 278 valence electrons. The number of aliphatic hydroxyl groups excluding tert-OH is 1. The number of esters is 1. The summed E-state index contributed by atoms with van der Waals surface area (Å²) in [5, 5.41) is 34.3.